The lowest BCUT2D eigenvalue weighted by Crippen LogP contribution is -2.42. The van der Waals surface area contributed by atoms with Gasteiger partial charge in [0, 0.05) is 12.3 Å². The summed E-state index contributed by atoms with van der Waals surface area (Å²) in [5.74, 6) is -0.0322. The molecule has 0 unspecified atom stereocenters. The molecular weight excluding hydrogens is 288 g/mol. The zero-order chi connectivity index (χ0) is 16.1. The summed E-state index contributed by atoms with van der Waals surface area (Å²) in [6, 6.07) is 19.8. The van der Waals surface area contributed by atoms with Gasteiger partial charge in [-0.3, -0.25) is 20.4 Å². The number of aryl methyl sites for hydroxylation is 1. The number of amides is 2. The second-order valence-corrected chi connectivity index (χ2v) is 5.88. The van der Waals surface area contributed by atoms with Crippen molar-refractivity contribution >= 4 is 11.8 Å². The van der Waals surface area contributed by atoms with E-state index in [9.17, 15) is 9.59 Å². The van der Waals surface area contributed by atoms with Crippen molar-refractivity contribution in [2.75, 3.05) is 0 Å². The summed E-state index contributed by atoms with van der Waals surface area (Å²) in [4.78, 5) is 23.8. The lowest BCUT2D eigenvalue weighted by molar-refractivity contribution is -0.129. The Bertz CT molecular complexity index is 670. The first kappa shape index (κ1) is 15.3. The van der Waals surface area contributed by atoms with E-state index in [1.54, 1.807) is 0 Å². The Kier molecular flexibility index (Phi) is 4.71. The number of hydrogen-bond donors (Lipinski definition) is 2. The lowest BCUT2D eigenvalue weighted by atomic mass is 10.1. The van der Waals surface area contributed by atoms with E-state index in [0.717, 1.165) is 12.0 Å². The van der Waals surface area contributed by atoms with Crippen LogP contribution in [0.25, 0.3) is 0 Å². The van der Waals surface area contributed by atoms with E-state index in [1.165, 1.54) is 5.56 Å². The summed E-state index contributed by atoms with van der Waals surface area (Å²) in [5, 5.41) is 0. The van der Waals surface area contributed by atoms with Gasteiger partial charge in [-0.25, -0.2) is 0 Å². The molecule has 0 radical (unpaired) electrons. The molecule has 2 aromatic carbocycles. The van der Waals surface area contributed by atoms with Crippen LogP contribution in [0.4, 0.5) is 0 Å². The smallest absolute Gasteiger partial charge is 0.242 e. The summed E-state index contributed by atoms with van der Waals surface area (Å²) < 4.78 is 0. The number of hydrogen-bond acceptors (Lipinski definition) is 2. The highest BCUT2D eigenvalue weighted by atomic mass is 16.2. The Hall–Kier alpha value is -2.62. The van der Waals surface area contributed by atoms with Crippen LogP contribution in [0, 0.1) is 5.92 Å². The third-order valence-corrected chi connectivity index (χ3v) is 4.16. The first-order valence-corrected chi connectivity index (χ1v) is 7.91. The van der Waals surface area contributed by atoms with Gasteiger partial charge < -0.3 is 0 Å². The van der Waals surface area contributed by atoms with Crippen molar-refractivity contribution in [2.45, 2.75) is 25.2 Å². The van der Waals surface area contributed by atoms with Crippen molar-refractivity contribution < 1.29 is 9.59 Å². The minimum absolute atomic E-state index is 0.0353. The normalized spacial score (nSPS) is 19.0. The molecule has 4 heteroatoms. The summed E-state index contributed by atoms with van der Waals surface area (Å²) in [7, 11) is 0. The lowest BCUT2D eigenvalue weighted by Gasteiger charge is -2.07. The Morgan fingerprint density at radius 3 is 2.26 bits per heavy atom. The molecule has 0 bridgehead atoms. The van der Waals surface area contributed by atoms with Gasteiger partial charge in [0.25, 0.3) is 0 Å². The molecule has 0 saturated heterocycles. The number of hydrazine groups is 1. The van der Waals surface area contributed by atoms with Crippen LogP contribution in [0.15, 0.2) is 60.7 Å². The predicted octanol–water partition coefficient (Wildman–Crippen LogP) is 2.57. The van der Waals surface area contributed by atoms with Crippen LogP contribution in [-0.4, -0.2) is 11.8 Å². The first-order chi connectivity index (χ1) is 11.2. The highest BCUT2D eigenvalue weighted by Crippen LogP contribution is 2.47. The predicted molar refractivity (Wildman–Crippen MR) is 88.3 cm³/mol. The van der Waals surface area contributed by atoms with E-state index in [0.29, 0.717) is 12.8 Å². The number of nitrogens with one attached hydrogen (secondary N) is 2. The zero-order valence-electron chi connectivity index (χ0n) is 12.9. The van der Waals surface area contributed by atoms with Crippen LogP contribution in [0.5, 0.6) is 0 Å². The van der Waals surface area contributed by atoms with Crippen LogP contribution in [0.1, 0.15) is 29.9 Å². The quantitative estimate of drug-likeness (QED) is 0.834. The second kappa shape index (κ2) is 7.09. The number of carbonyl (C=O) groups excluding carboxylic acids is 2. The van der Waals surface area contributed by atoms with E-state index in [-0.39, 0.29) is 23.7 Å². The summed E-state index contributed by atoms with van der Waals surface area (Å²) in [6.45, 7) is 0. The second-order valence-electron chi connectivity index (χ2n) is 5.88. The fraction of sp³-hybridized carbons (Fsp3) is 0.263. The van der Waals surface area contributed by atoms with Gasteiger partial charge in [-0.15, -0.1) is 0 Å². The highest BCUT2D eigenvalue weighted by Gasteiger charge is 2.43. The highest BCUT2D eigenvalue weighted by molar-refractivity contribution is 5.86. The van der Waals surface area contributed by atoms with Gasteiger partial charge in [-0.05, 0) is 29.9 Å². The summed E-state index contributed by atoms with van der Waals surface area (Å²) >= 11 is 0. The van der Waals surface area contributed by atoms with E-state index in [2.05, 4.69) is 10.9 Å². The van der Waals surface area contributed by atoms with Gasteiger partial charge in [-0.2, -0.15) is 0 Å². The summed E-state index contributed by atoms with van der Waals surface area (Å²) in [6.07, 6.45) is 1.87. The molecule has 118 valence electrons. The Morgan fingerprint density at radius 1 is 0.913 bits per heavy atom. The molecule has 2 N–H and O–H groups in total. The average molecular weight is 308 g/mol. The molecule has 0 aromatic heterocycles. The van der Waals surface area contributed by atoms with Gasteiger partial charge in [0.1, 0.15) is 0 Å². The minimum Gasteiger partial charge on any atom is -0.273 e. The molecular formula is C19H20N2O2. The van der Waals surface area contributed by atoms with Crippen LogP contribution in [0.3, 0.4) is 0 Å². The maximum atomic E-state index is 12.0. The van der Waals surface area contributed by atoms with Crippen molar-refractivity contribution in [3.63, 3.8) is 0 Å². The molecule has 0 spiro atoms. The SMILES string of the molecule is O=C(CCc1ccccc1)NNC(=O)[C@@H]1C[C@@H]1c1ccccc1. The largest absolute Gasteiger partial charge is 0.273 e. The third-order valence-electron chi connectivity index (χ3n) is 4.16. The van der Waals surface area contributed by atoms with Gasteiger partial charge in [0.2, 0.25) is 11.8 Å². The van der Waals surface area contributed by atoms with E-state index >= 15 is 0 Å². The number of rotatable bonds is 5. The Morgan fingerprint density at radius 2 is 1.57 bits per heavy atom. The molecule has 2 atom stereocenters. The van der Waals surface area contributed by atoms with E-state index in [4.69, 9.17) is 0 Å². The van der Waals surface area contributed by atoms with Crippen molar-refractivity contribution in [3.05, 3.63) is 71.8 Å². The Labute approximate surface area is 135 Å². The van der Waals surface area contributed by atoms with Crippen LogP contribution >= 0.6 is 0 Å². The molecule has 1 saturated carbocycles. The van der Waals surface area contributed by atoms with Crippen molar-refractivity contribution in [2.24, 2.45) is 5.92 Å². The third kappa shape index (κ3) is 4.19. The molecule has 2 amide bonds. The molecule has 4 nitrogen and oxygen atoms in total. The molecule has 0 heterocycles. The van der Waals surface area contributed by atoms with E-state index < -0.39 is 0 Å². The maximum absolute atomic E-state index is 12.0. The average Bonchev–Trinajstić information content (AvgIpc) is 3.40. The molecule has 0 aliphatic heterocycles. The van der Waals surface area contributed by atoms with E-state index in [1.807, 2.05) is 60.7 Å². The molecule has 1 aliphatic carbocycles. The number of benzene rings is 2. The molecule has 2 aromatic rings. The van der Waals surface area contributed by atoms with Gasteiger partial charge in [-0.1, -0.05) is 60.7 Å². The van der Waals surface area contributed by atoms with Gasteiger partial charge >= 0.3 is 0 Å². The topological polar surface area (TPSA) is 58.2 Å². The number of carbonyl (C=O) groups is 2. The van der Waals surface area contributed by atoms with Crippen LogP contribution < -0.4 is 10.9 Å². The maximum Gasteiger partial charge on any atom is 0.242 e. The van der Waals surface area contributed by atoms with Crippen molar-refractivity contribution in [1.29, 1.82) is 0 Å². The monoisotopic (exact) mass is 308 g/mol. The molecule has 23 heavy (non-hydrogen) atoms. The van der Waals surface area contributed by atoms with Crippen LogP contribution in [-0.2, 0) is 16.0 Å². The zero-order valence-corrected chi connectivity index (χ0v) is 12.9. The van der Waals surface area contributed by atoms with Gasteiger partial charge in [0.05, 0.1) is 0 Å². The molecule has 3 rings (SSSR count). The van der Waals surface area contributed by atoms with Crippen LogP contribution in [0.2, 0.25) is 0 Å². The standard InChI is InChI=1S/C19H20N2O2/c22-18(12-11-14-7-3-1-4-8-14)20-21-19(23)17-13-16(17)15-9-5-2-6-10-15/h1-10,16-17H,11-13H2,(H,20,22)(H,21,23)/t16-,17-/m1/s1. The molecule has 1 aliphatic rings. The summed E-state index contributed by atoms with van der Waals surface area (Å²) in [5.41, 5.74) is 7.34. The minimum atomic E-state index is -0.167. The van der Waals surface area contributed by atoms with Crippen molar-refractivity contribution in [1.82, 2.24) is 10.9 Å². The van der Waals surface area contributed by atoms with Crippen molar-refractivity contribution in [3.8, 4) is 0 Å². The fourth-order valence-electron chi connectivity index (χ4n) is 2.74. The van der Waals surface area contributed by atoms with Gasteiger partial charge in [0.15, 0.2) is 0 Å². The molecule has 1 fully saturated rings. The first-order valence-electron chi connectivity index (χ1n) is 7.91. The fourth-order valence-corrected chi connectivity index (χ4v) is 2.74. The Balaban J connectivity index is 1.39.